The maximum Gasteiger partial charge on any atom is 0.229 e. The van der Waals surface area contributed by atoms with E-state index < -0.39 is 7.49 Å². The van der Waals surface area contributed by atoms with Gasteiger partial charge in [0, 0.05) is 7.05 Å². The highest BCUT2D eigenvalue weighted by Crippen LogP contribution is 2.43. The van der Waals surface area contributed by atoms with Crippen molar-refractivity contribution in [3.8, 4) is 0 Å². The van der Waals surface area contributed by atoms with E-state index in [1.54, 1.807) is 6.33 Å². The normalized spacial score (nSPS) is 12.0. The minimum absolute atomic E-state index is 0.815. The van der Waals surface area contributed by atoms with Crippen molar-refractivity contribution >= 4 is 12.9 Å². The average molecular weight is 159 g/mol. The average Bonchev–Trinajstić information content (AvgIpc) is 2.11. The van der Waals surface area contributed by atoms with Crippen LogP contribution in [0.2, 0.25) is 0 Å². The molecule has 0 aromatic carbocycles. The van der Waals surface area contributed by atoms with Crippen LogP contribution in [0.15, 0.2) is 12.5 Å². The highest BCUT2D eigenvalue weighted by atomic mass is 31.2. The van der Waals surface area contributed by atoms with E-state index in [9.17, 15) is 4.89 Å². The summed E-state index contributed by atoms with van der Waals surface area (Å²) in [5, 5.41) is 0. The van der Waals surface area contributed by atoms with Crippen LogP contribution in [0.4, 0.5) is 0 Å². The Labute approximate surface area is 61.1 Å². The van der Waals surface area contributed by atoms with Crippen molar-refractivity contribution in [1.29, 1.82) is 0 Å². The maximum absolute atomic E-state index is 9.54. The fourth-order valence-corrected chi connectivity index (χ4v) is 1.48. The molecule has 0 spiro atoms. The molecule has 3 nitrogen and oxygen atoms in total. The van der Waals surface area contributed by atoms with E-state index in [2.05, 4.69) is 4.98 Å². The summed E-state index contributed by atoms with van der Waals surface area (Å²) < 4.78 is 1.84. The number of aromatic nitrogens is 2. The molecule has 1 aromatic rings. The fourth-order valence-electron chi connectivity index (χ4n) is 0.682. The lowest BCUT2D eigenvalue weighted by atomic mass is 10.9. The van der Waals surface area contributed by atoms with E-state index >= 15 is 0 Å². The molecule has 0 saturated carbocycles. The quantitative estimate of drug-likeness (QED) is 0.595. The molecule has 56 valence electrons. The van der Waals surface area contributed by atoms with Gasteiger partial charge in [0.2, 0.25) is 5.44 Å². The molecule has 0 aliphatic rings. The third-order valence-electron chi connectivity index (χ3n) is 1.25. The molecule has 4 heteroatoms. The first-order valence-corrected chi connectivity index (χ1v) is 5.69. The van der Waals surface area contributed by atoms with Gasteiger partial charge in [-0.2, -0.15) is 0 Å². The van der Waals surface area contributed by atoms with Gasteiger partial charge in [-0.3, -0.25) is 0 Å². The molecular weight excluding hydrogens is 147 g/mol. The Hall–Kier alpha value is -0.400. The molecule has 10 heavy (non-hydrogen) atoms. The van der Waals surface area contributed by atoms with Crippen molar-refractivity contribution in [2.75, 3.05) is 13.3 Å². The molecule has 1 rings (SSSR count). The highest BCUT2D eigenvalue weighted by Gasteiger charge is 2.27. The van der Waals surface area contributed by atoms with Crippen molar-refractivity contribution in [3.63, 3.8) is 0 Å². The smallest absolute Gasteiger partial charge is 0.229 e. The molecule has 0 atom stereocenters. The molecule has 0 radical (unpaired) electrons. The Balaban J connectivity index is 2.96. The number of rotatable bonds is 1. The maximum atomic E-state index is 9.54. The third-order valence-corrected chi connectivity index (χ3v) is 2.60. The van der Waals surface area contributed by atoms with Crippen molar-refractivity contribution in [1.82, 2.24) is 9.55 Å². The molecule has 0 saturated heterocycles. The largest absolute Gasteiger partial charge is 0.337 e. The zero-order valence-corrected chi connectivity index (χ0v) is 7.34. The summed E-state index contributed by atoms with van der Waals surface area (Å²) in [7, 11) is 0.0158. The summed E-state index contributed by atoms with van der Waals surface area (Å²) in [6.45, 7) is 3.66. The van der Waals surface area contributed by atoms with E-state index in [-0.39, 0.29) is 0 Å². The topological polar surface area (TPSA) is 38.0 Å². The van der Waals surface area contributed by atoms with Gasteiger partial charge in [-0.1, -0.05) is 0 Å². The summed E-state index contributed by atoms with van der Waals surface area (Å²) in [6.07, 6.45) is 3.56. The molecule has 0 aliphatic carbocycles. The Bertz CT molecular complexity index is 226. The van der Waals surface area contributed by atoms with Gasteiger partial charge in [-0.05, 0) is 0 Å². The van der Waals surface area contributed by atoms with Crippen LogP contribution in [0.1, 0.15) is 0 Å². The first-order chi connectivity index (χ1) is 4.50. The van der Waals surface area contributed by atoms with Crippen molar-refractivity contribution in [3.05, 3.63) is 12.5 Å². The summed E-state index contributed by atoms with van der Waals surface area (Å²) in [4.78, 5) is 13.6. The van der Waals surface area contributed by atoms with Gasteiger partial charge in [-0.15, -0.1) is 0 Å². The molecule has 1 heterocycles. The van der Waals surface area contributed by atoms with Crippen molar-refractivity contribution in [2.24, 2.45) is 7.05 Å². The Morgan fingerprint density at radius 1 is 1.60 bits per heavy atom. The van der Waals surface area contributed by atoms with Gasteiger partial charge in [0.25, 0.3) is 0 Å². The van der Waals surface area contributed by atoms with E-state index in [4.69, 9.17) is 0 Å². The lowest BCUT2D eigenvalue weighted by Gasteiger charge is -2.02. The molecular formula is C6H12N2OP+. The van der Waals surface area contributed by atoms with Crippen LogP contribution in [0.3, 0.4) is 0 Å². The molecule has 1 aromatic heterocycles. The third kappa shape index (κ3) is 1.55. The fraction of sp³-hybridized carbons (Fsp3) is 0.500. The lowest BCUT2D eigenvalue weighted by molar-refractivity contribution is 0.623. The van der Waals surface area contributed by atoms with Crippen LogP contribution in [-0.4, -0.2) is 27.8 Å². The first kappa shape index (κ1) is 7.70. The number of nitrogens with zero attached hydrogens (tertiary/aromatic N) is 2. The summed E-state index contributed by atoms with van der Waals surface area (Å²) in [5.74, 6) is 0. The Morgan fingerprint density at radius 3 is 2.40 bits per heavy atom. The van der Waals surface area contributed by atoms with E-state index in [0.717, 1.165) is 5.44 Å². The minimum atomic E-state index is -1.88. The molecule has 1 N–H and O–H groups in total. The van der Waals surface area contributed by atoms with E-state index in [0.29, 0.717) is 0 Å². The predicted octanol–water partition coefficient (Wildman–Crippen LogP) is 0.230. The van der Waals surface area contributed by atoms with Gasteiger partial charge < -0.3 is 4.57 Å². The van der Waals surface area contributed by atoms with Gasteiger partial charge in [0.1, 0.15) is 0 Å². The van der Waals surface area contributed by atoms with Crippen LogP contribution in [-0.2, 0) is 7.05 Å². The van der Waals surface area contributed by atoms with Gasteiger partial charge in [-0.25, -0.2) is 9.88 Å². The summed E-state index contributed by atoms with van der Waals surface area (Å²) in [6, 6.07) is 0. The molecule has 0 bridgehead atoms. The lowest BCUT2D eigenvalue weighted by Crippen LogP contribution is -2.08. The van der Waals surface area contributed by atoms with Gasteiger partial charge in [0.15, 0.2) is 7.49 Å². The second-order valence-electron chi connectivity index (χ2n) is 2.79. The van der Waals surface area contributed by atoms with E-state index in [1.807, 2.05) is 31.1 Å². The van der Waals surface area contributed by atoms with Crippen LogP contribution < -0.4 is 5.44 Å². The molecule has 0 unspecified atom stereocenters. The Morgan fingerprint density at radius 2 is 2.20 bits per heavy atom. The molecule has 0 fully saturated rings. The minimum Gasteiger partial charge on any atom is -0.337 e. The monoisotopic (exact) mass is 159 g/mol. The molecule has 0 amide bonds. The van der Waals surface area contributed by atoms with Gasteiger partial charge in [0.05, 0.1) is 25.9 Å². The van der Waals surface area contributed by atoms with Crippen molar-refractivity contribution < 1.29 is 4.89 Å². The van der Waals surface area contributed by atoms with Gasteiger partial charge >= 0.3 is 0 Å². The van der Waals surface area contributed by atoms with Crippen LogP contribution in [0.5, 0.6) is 0 Å². The zero-order chi connectivity index (χ0) is 7.78. The number of hydrogen-bond donors (Lipinski definition) is 1. The number of aryl methyl sites for hydroxylation is 1. The van der Waals surface area contributed by atoms with Crippen molar-refractivity contribution in [2.45, 2.75) is 0 Å². The van der Waals surface area contributed by atoms with Crippen LogP contribution in [0.25, 0.3) is 0 Å². The second-order valence-corrected chi connectivity index (χ2v) is 6.04. The van der Waals surface area contributed by atoms with E-state index in [1.165, 1.54) is 0 Å². The van der Waals surface area contributed by atoms with Crippen LogP contribution in [0, 0.1) is 0 Å². The first-order valence-electron chi connectivity index (χ1n) is 3.05. The van der Waals surface area contributed by atoms with Crippen LogP contribution >= 0.6 is 7.49 Å². The zero-order valence-electron chi connectivity index (χ0n) is 6.44. The number of hydrogen-bond acceptors (Lipinski definition) is 2. The summed E-state index contributed by atoms with van der Waals surface area (Å²) >= 11 is 0. The summed E-state index contributed by atoms with van der Waals surface area (Å²) in [5.41, 5.74) is 0.815. The second kappa shape index (κ2) is 2.33. The molecule has 0 aliphatic heterocycles. The standard InChI is InChI=1S/C6H12N2OP/c1-8-4-6(7-5-8)10(2,3)9/h4-5,9H,1-3H3/q+1. The number of imidazole rings is 1. The SMILES string of the molecule is Cn1cnc([P+](C)(C)O)c1. The highest BCUT2D eigenvalue weighted by molar-refractivity contribution is 7.76. The Kier molecular flexibility index (Phi) is 1.80. The predicted molar refractivity (Wildman–Crippen MR) is 43.8 cm³/mol.